The van der Waals surface area contributed by atoms with Gasteiger partial charge in [-0.05, 0) is 32.9 Å². The number of hydrogen-bond acceptors (Lipinski definition) is 4. The fraction of sp³-hybridized carbons (Fsp3) is 0.545. The molecule has 1 aromatic rings. The minimum absolute atomic E-state index is 0.0189. The van der Waals surface area contributed by atoms with Crippen molar-refractivity contribution in [2.75, 3.05) is 0 Å². The average molecular weight is 279 g/mol. The Morgan fingerprint density at radius 2 is 2.17 bits per heavy atom. The number of hydroxylamine groups is 1. The van der Waals surface area contributed by atoms with Crippen molar-refractivity contribution >= 4 is 17.7 Å². The van der Waals surface area contributed by atoms with Gasteiger partial charge in [-0.1, -0.05) is 11.8 Å². The highest BCUT2D eigenvalue weighted by Crippen LogP contribution is 2.21. The molecule has 0 bridgehead atoms. The molecule has 1 amide bonds. The van der Waals surface area contributed by atoms with E-state index in [1.807, 2.05) is 0 Å². The van der Waals surface area contributed by atoms with Crippen LogP contribution in [-0.4, -0.2) is 17.3 Å². The van der Waals surface area contributed by atoms with Crippen molar-refractivity contribution in [3.05, 3.63) is 23.7 Å². The van der Waals surface area contributed by atoms with Crippen LogP contribution in [0, 0.1) is 0 Å². The minimum Gasteiger partial charge on any atom is -0.455 e. The van der Waals surface area contributed by atoms with Gasteiger partial charge in [0, 0.05) is 0 Å². The first-order valence-corrected chi connectivity index (χ1v) is 6.29. The quantitative estimate of drug-likeness (QED) is 0.841. The normalized spacial score (nSPS) is 11.9. The highest BCUT2D eigenvalue weighted by molar-refractivity contribution is 7.98. The molecule has 0 unspecified atom stereocenters. The molecule has 0 saturated carbocycles. The summed E-state index contributed by atoms with van der Waals surface area (Å²) in [7, 11) is 0. The average Bonchev–Trinajstić information content (AvgIpc) is 2.70. The van der Waals surface area contributed by atoms with Crippen molar-refractivity contribution in [2.24, 2.45) is 0 Å². The summed E-state index contributed by atoms with van der Waals surface area (Å²) in [4.78, 5) is 16.6. The molecular formula is C11H15F2NO3S. The van der Waals surface area contributed by atoms with Gasteiger partial charge >= 0.3 is 5.91 Å². The Morgan fingerprint density at radius 3 is 2.72 bits per heavy atom. The van der Waals surface area contributed by atoms with E-state index in [4.69, 9.17) is 9.25 Å². The summed E-state index contributed by atoms with van der Waals surface area (Å²) in [6, 6.07) is 2.91. The third-order valence-electron chi connectivity index (χ3n) is 1.69. The van der Waals surface area contributed by atoms with Crippen molar-refractivity contribution in [2.45, 2.75) is 37.9 Å². The van der Waals surface area contributed by atoms with E-state index in [9.17, 15) is 13.6 Å². The molecule has 1 rings (SSSR count). The van der Waals surface area contributed by atoms with E-state index in [2.05, 4.69) is 5.48 Å². The summed E-state index contributed by atoms with van der Waals surface area (Å²) < 4.78 is 29.0. The monoisotopic (exact) mass is 279 g/mol. The number of nitrogens with one attached hydrogen (secondary N) is 1. The smallest absolute Gasteiger partial charge is 0.310 e. The third kappa shape index (κ3) is 5.50. The molecule has 0 fully saturated rings. The van der Waals surface area contributed by atoms with Gasteiger partial charge in [0.25, 0.3) is 5.76 Å². The van der Waals surface area contributed by atoms with Gasteiger partial charge in [0.1, 0.15) is 5.76 Å². The Balaban J connectivity index is 2.49. The van der Waals surface area contributed by atoms with E-state index < -0.39 is 17.3 Å². The van der Waals surface area contributed by atoms with Crippen LogP contribution in [0.1, 0.15) is 37.1 Å². The van der Waals surface area contributed by atoms with Crippen LogP contribution in [0.3, 0.4) is 0 Å². The highest BCUT2D eigenvalue weighted by atomic mass is 32.2. The summed E-state index contributed by atoms with van der Waals surface area (Å²) >= 11 is 0.437. The van der Waals surface area contributed by atoms with E-state index in [-0.39, 0.29) is 11.5 Å². The molecular weight excluding hydrogens is 264 g/mol. The van der Waals surface area contributed by atoms with E-state index in [0.717, 1.165) is 0 Å². The topological polar surface area (TPSA) is 51.5 Å². The van der Waals surface area contributed by atoms with E-state index in [0.29, 0.717) is 17.5 Å². The van der Waals surface area contributed by atoms with Crippen molar-refractivity contribution in [1.82, 2.24) is 5.48 Å². The fourth-order valence-electron chi connectivity index (χ4n) is 0.972. The molecule has 102 valence electrons. The molecule has 0 atom stereocenters. The lowest BCUT2D eigenvalue weighted by Crippen LogP contribution is -2.33. The second kappa shape index (κ2) is 6.19. The maximum atomic E-state index is 12.0. The lowest BCUT2D eigenvalue weighted by molar-refractivity contribution is -0.0598. The molecule has 7 heteroatoms. The molecule has 0 aliphatic carbocycles. The third-order valence-corrected chi connectivity index (χ3v) is 2.39. The minimum atomic E-state index is -2.46. The Morgan fingerprint density at radius 1 is 1.50 bits per heavy atom. The molecule has 1 aromatic heterocycles. The van der Waals surface area contributed by atoms with E-state index >= 15 is 0 Å². The van der Waals surface area contributed by atoms with Crippen LogP contribution in [0.4, 0.5) is 8.78 Å². The number of halogens is 2. The molecule has 1 N–H and O–H groups in total. The molecule has 0 spiro atoms. The van der Waals surface area contributed by atoms with Gasteiger partial charge < -0.3 is 4.42 Å². The van der Waals surface area contributed by atoms with Crippen molar-refractivity contribution < 1.29 is 22.8 Å². The Hall–Kier alpha value is -1.08. The highest BCUT2D eigenvalue weighted by Gasteiger charge is 2.16. The number of carbonyl (C=O) groups is 1. The summed E-state index contributed by atoms with van der Waals surface area (Å²) in [6.45, 7) is 5.33. The van der Waals surface area contributed by atoms with Gasteiger partial charge in [-0.2, -0.15) is 8.78 Å². The van der Waals surface area contributed by atoms with Gasteiger partial charge in [-0.3, -0.25) is 9.63 Å². The maximum absolute atomic E-state index is 12.0. The van der Waals surface area contributed by atoms with Crippen LogP contribution < -0.4 is 5.48 Å². The molecule has 1 heterocycles. The number of rotatable bonds is 5. The van der Waals surface area contributed by atoms with Crippen molar-refractivity contribution in [3.8, 4) is 0 Å². The first-order valence-electron chi connectivity index (χ1n) is 5.25. The zero-order valence-electron chi connectivity index (χ0n) is 10.3. The van der Waals surface area contributed by atoms with Gasteiger partial charge in [0.2, 0.25) is 0 Å². The predicted molar refractivity (Wildman–Crippen MR) is 64.3 cm³/mol. The van der Waals surface area contributed by atoms with Crippen LogP contribution >= 0.6 is 11.8 Å². The van der Waals surface area contributed by atoms with E-state index in [1.165, 1.54) is 12.1 Å². The largest absolute Gasteiger partial charge is 0.455 e. The molecule has 18 heavy (non-hydrogen) atoms. The van der Waals surface area contributed by atoms with Gasteiger partial charge in [0.15, 0.2) is 5.76 Å². The van der Waals surface area contributed by atoms with Crippen LogP contribution in [0.15, 0.2) is 16.5 Å². The predicted octanol–water partition coefficient (Wildman–Crippen LogP) is 3.20. The number of alkyl halides is 2. The fourth-order valence-corrected chi connectivity index (χ4v) is 1.42. The van der Waals surface area contributed by atoms with Crippen LogP contribution in [0.25, 0.3) is 0 Å². The molecule has 0 radical (unpaired) electrons. The van der Waals surface area contributed by atoms with E-state index in [1.54, 1.807) is 20.8 Å². The summed E-state index contributed by atoms with van der Waals surface area (Å²) in [5.74, 6) is -2.63. The van der Waals surface area contributed by atoms with Crippen LogP contribution in [-0.2, 0) is 10.6 Å². The molecule has 4 nitrogen and oxygen atoms in total. The van der Waals surface area contributed by atoms with Crippen LogP contribution in [0.2, 0.25) is 0 Å². The molecule has 0 saturated heterocycles. The summed E-state index contributed by atoms with van der Waals surface area (Å²) in [6.07, 6.45) is 0. The van der Waals surface area contributed by atoms with Crippen molar-refractivity contribution in [1.29, 1.82) is 0 Å². The first-order chi connectivity index (χ1) is 8.28. The zero-order chi connectivity index (χ0) is 13.8. The van der Waals surface area contributed by atoms with Crippen molar-refractivity contribution in [3.63, 3.8) is 0 Å². The second-order valence-electron chi connectivity index (χ2n) is 4.48. The maximum Gasteiger partial charge on any atom is 0.310 e. The number of furan rings is 1. The number of carbonyl (C=O) groups excluding carboxylic acids is 1. The molecule has 0 aliphatic rings. The Bertz CT molecular complexity index is 401. The SMILES string of the molecule is CC(C)(C)ONC(=O)c1ccc(CSC(F)F)o1. The van der Waals surface area contributed by atoms with Gasteiger partial charge in [-0.15, -0.1) is 0 Å². The van der Waals surface area contributed by atoms with Gasteiger partial charge in [0.05, 0.1) is 11.4 Å². The number of amides is 1. The summed E-state index contributed by atoms with van der Waals surface area (Å²) in [5.41, 5.74) is 1.71. The summed E-state index contributed by atoms with van der Waals surface area (Å²) in [5, 5.41) is 0. The number of hydrogen-bond donors (Lipinski definition) is 1. The van der Waals surface area contributed by atoms with Crippen LogP contribution in [0.5, 0.6) is 0 Å². The zero-order valence-corrected chi connectivity index (χ0v) is 11.1. The molecule has 0 aliphatic heterocycles. The molecule has 0 aromatic carbocycles. The lowest BCUT2D eigenvalue weighted by atomic mass is 10.2. The lowest BCUT2D eigenvalue weighted by Gasteiger charge is -2.18. The van der Waals surface area contributed by atoms with Gasteiger partial charge in [-0.25, -0.2) is 5.48 Å². The standard InChI is InChI=1S/C11H15F2NO3S/c1-11(2,3)17-14-9(15)8-5-4-7(16-8)6-18-10(12)13/h4-5,10H,6H2,1-3H3,(H,14,15). The Kier molecular flexibility index (Phi) is 5.15. The second-order valence-corrected chi connectivity index (χ2v) is 5.46. The Labute approximate surface area is 108 Å². The number of thioether (sulfide) groups is 1. The first kappa shape index (κ1) is 15.0.